The first kappa shape index (κ1) is 25.3. The Morgan fingerprint density at radius 2 is 1.32 bits per heavy atom. The fourth-order valence-electron chi connectivity index (χ4n) is 3.16. The molecule has 0 aliphatic carbocycles. The van der Waals surface area contributed by atoms with Crippen molar-refractivity contribution in [3.63, 3.8) is 0 Å². The summed E-state index contributed by atoms with van der Waals surface area (Å²) in [5.41, 5.74) is 0.651. The summed E-state index contributed by atoms with van der Waals surface area (Å²) in [6.07, 6.45) is 1.44. The first-order valence-electron chi connectivity index (χ1n) is 9.73. The quantitative estimate of drug-likeness (QED) is 0.466. The Balaban J connectivity index is 3.42. The first-order chi connectivity index (χ1) is 12.8. The van der Waals surface area contributed by atoms with Gasteiger partial charge in [-0.1, -0.05) is 18.2 Å². The second-order valence-corrected chi connectivity index (χ2v) is 11.0. The third kappa shape index (κ3) is 7.59. The molecule has 0 atom stereocenters. The van der Waals surface area contributed by atoms with Crippen LogP contribution in [0.5, 0.6) is 5.75 Å². The molecule has 160 valence electrons. The largest absolute Gasteiger partial charge is 0.444 e. The van der Waals surface area contributed by atoms with Gasteiger partial charge in [0.05, 0.1) is 0 Å². The van der Waals surface area contributed by atoms with Crippen LogP contribution in [-0.4, -0.2) is 43.3 Å². The fraction of sp³-hybridized carbons (Fsp3) is 0.600. The Bertz CT molecular complexity index is 651. The second-order valence-electron chi connectivity index (χ2n) is 7.92. The molecule has 0 saturated heterocycles. The lowest BCUT2D eigenvalue weighted by Gasteiger charge is -2.45. The van der Waals surface area contributed by atoms with Crippen molar-refractivity contribution < 1.29 is 18.9 Å². The lowest BCUT2D eigenvalue weighted by atomic mass is 10.2. The van der Waals surface area contributed by atoms with Crippen molar-refractivity contribution in [2.24, 2.45) is 0 Å². The summed E-state index contributed by atoms with van der Waals surface area (Å²) in [6, 6.07) is 8.49. The number of rotatable bonds is 10. The highest BCUT2D eigenvalue weighted by Crippen LogP contribution is 2.51. The standard InChI is InChI=1S/C20H36N2O4P2/c1-15(2)21(16(3)4)27(22(17(5)6)18(7)8)26-20-12-10-9-11-19(20)13-14-28(23,24)25/h9-18H,1-8H3,(H2,23,24,25)/b14-13+. The van der Waals surface area contributed by atoms with Gasteiger partial charge in [0, 0.05) is 35.5 Å². The second kappa shape index (κ2) is 10.9. The van der Waals surface area contributed by atoms with E-state index in [-0.39, 0.29) is 24.2 Å². The Hall–Kier alpha value is -0.740. The molecule has 1 aromatic rings. The fourth-order valence-corrected chi connectivity index (χ4v) is 5.87. The van der Waals surface area contributed by atoms with Crippen LogP contribution in [0, 0.1) is 0 Å². The van der Waals surface area contributed by atoms with Gasteiger partial charge in [-0.2, -0.15) is 0 Å². The SMILES string of the molecule is CC(C)N(C(C)C)P(Oc1ccccc1/C=C/P(=O)(O)O)N(C(C)C)C(C)C. The molecule has 6 nitrogen and oxygen atoms in total. The van der Waals surface area contributed by atoms with Gasteiger partial charge in [0.15, 0.2) is 0 Å². The van der Waals surface area contributed by atoms with Crippen molar-refractivity contribution in [1.29, 1.82) is 0 Å². The van der Waals surface area contributed by atoms with Crippen LogP contribution in [0.15, 0.2) is 30.1 Å². The molecule has 0 aliphatic heterocycles. The summed E-state index contributed by atoms with van der Waals surface area (Å²) in [5, 5.41) is 0. The van der Waals surface area contributed by atoms with Crippen LogP contribution in [0.3, 0.4) is 0 Å². The van der Waals surface area contributed by atoms with Crippen molar-refractivity contribution in [2.75, 3.05) is 0 Å². The molecule has 0 amide bonds. The van der Waals surface area contributed by atoms with Gasteiger partial charge in [-0.05, 0) is 67.5 Å². The third-order valence-corrected chi connectivity index (χ3v) is 7.59. The zero-order valence-corrected chi connectivity index (χ0v) is 20.1. The minimum atomic E-state index is -4.24. The molecule has 28 heavy (non-hydrogen) atoms. The lowest BCUT2D eigenvalue weighted by Crippen LogP contribution is -2.44. The van der Waals surface area contributed by atoms with E-state index in [4.69, 9.17) is 4.52 Å². The van der Waals surface area contributed by atoms with Crippen molar-refractivity contribution in [3.05, 3.63) is 35.6 Å². The number of hydrogen-bond donors (Lipinski definition) is 2. The zero-order chi connectivity index (χ0) is 21.6. The van der Waals surface area contributed by atoms with Gasteiger partial charge in [-0.25, -0.2) is 9.34 Å². The van der Waals surface area contributed by atoms with Gasteiger partial charge >= 0.3 is 7.60 Å². The number of benzene rings is 1. The van der Waals surface area contributed by atoms with Gasteiger partial charge in [-0.3, -0.25) is 4.57 Å². The minimum absolute atomic E-state index is 0.281. The lowest BCUT2D eigenvalue weighted by molar-refractivity contribution is 0.225. The average Bonchev–Trinajstić information content (AvgIpc) is 2.51. The molecule has 0 aromatic heterocycles. The molecular formula is C20H36N2O4P2. The van der Waals surface area contributed by atoms with Crippen molar-refractivity contribution in [2.45, 2.75) is 79.6 Å². The van der Waals surface area contributed by atoms with E-state index < -0.39 is 16.0 Å². The zero-order valence-electron chi connectivity index (χ0n) is 18.3. The molecule has 0 heterocycles. The third-order valence-electron chi connectivity index (χ3n) is 4.06. The van der Waals surface area contributed by atoms with Crippen molar-refractivity contribution in [3.8, 4) is 5.75 Å². The van der Waals surface area contributed by atoms with Gasteiger partial charge < -0.3 is 14.3 Å². The molecule has 0 fully saturated rings. The highest BCUT2D eigenvalue weighted by Gasteiger charge is 2.36. The van der Waals surface area contributed by atoms with Crippen molar-refractivity contribution >= 4 is 22.1 Å². The van der Waals surface area contributed by atoms with Crippen LogP contribution >= 0.6 is 16.0 Å². The van der Waals surface area contributed by atoms with Crippen LogP contribution < -0.4 is 4.52 Å². The van der Waals surface area contributed by atoms with E-state index in [9.17, 15) is 14.4 Å². The predicted molar refractivity (Wildman–Crippen MR) is 119 cm³/mol. The monoisotopic (exact) mass is 430 g/mol. The van der Waals surface area contributed by atoms with Crippen LogP contribution in [0.1, 0.15) is 61.0 Å². The molecule has 0 aliphatic rings. The summed E-state index contributed by atoms with van der Waals surface area (Å²) >= 11 is 0. The molecule has 0 unspecified atom stereocenters. The molecule has 0 saturated carbocycles. The highest BCUT2D eigenvalue weighted by atomic mass is 31.2. The number of para-hydroxylation sites is 1. The summed E-state index contributed by atoms with van der Waals surface area (Å²) in [7, 11) is -5.38. The smallest absolute Gasteiger partial charge is 0.349 e. The Labute approximate surface area is 171 Å². The van der Waals surface area contributed by atoms with Crippen LogP contribution in [0.4, 0.5) is 0 Å². The molecule has 8 heteroatoms. The summed E-state index contributed by atoms with van der Waals surface area (Å²) in [6.45, 7) is 17.3. The maximum atomic E-state index is 11.3. The van der Waals surface area contributed by atoms with Crippen LogP contribution in [-0.2, 0) is 4.57 Å². The molecule has 1 rings (SSSR count). The van der Waals surface area contributed by atoms with E-state index in [0.717, 1.165) is 5.82 Å². The molecule has 0 spiro atoms. The van der Waals surface area contributed by atoms with E-state index in [2.05, 4.69) is 64.7 Å². The molecule has 0 radical (unpaired) electrons. The van der Waals surface area contributed by atoms with E-state index in [0.29, 0.717) is 11.3 Å². The minimum Gasteiger partial charge on any atom is -0.444 e. The maximum absolute atomic E-state index is 11.3. The van der Waals surface area contributed by atoms with Gasteiger partial charge in [0.1, 0.15) is 5.75 Å². The molecular weight excluding hydrogens is 394 g/mol. The van der Waals surface area contributed by atoms with Crippen LogP contribution in [0.25, 0.3) is 6.08 Å². The number of nitrogens with zero attached hydrogens (tertiary/aromatic N) is 2. The predicted octanol–water partition coefficient (Wildman–Crippen LogP) is 5.68. The Morgan fingerprint density at radius 1 is 0.893 bits per heavy atom. The van der Waals surface area contributed by atoms with Gasteiger partial charge in [0.2, 0.25) is 8.45 Å². The summed E-state index contributed by atoms with van der Waals surface area (Å²) in [5.74, 6) is 1.54. The van der Waals surface area contributed by atoms with E-state index >= 15 is 0 Å². The normalized spacial score (nSPS) is 13.5. The van der Waals surface area contributed by atoms with Gasteiger partial charge in [0.25, 0.3) is 0 Å². The molecule has 0 bridgehead atoms. The summed E-state index contributed by atoms with van der Waals surface area (Å²) in [4.78, 5) is 18.4. The van der Waals surface area contributed by atoms with Gasteiger partial charge in [-0.15, -0.1) is 0 Å². The molecule has 2 N–H and O–H groups in total. The average molecular weight is 430 g/mol. The first-order valence-corrected chi connectivity index (χ1v) is 12.6. The van der Waals surface area contributed by atoms with Crippen molar-refractivity contribution in [1.82, 2.24) is 9.34 Å². The Kier molecular flexibility index (Phi) is 9.82. The maximum Gasteiger partial charge on any atom is 0.349 e. The number of hydrogen-bond acceptors (Lipinski definition) is 4. The van der Waals surface area contributed by atoms with E-state index in [1.165, 1.54) is 6.08 Å². The van der Waals surface area contributed by atoms with Crippen LogP contribution in [0.2, 0.25) is 0 Å². The highest BCUT2D eigenvalue weighted by molar-refractivity contribution is 7.55. The van der Waals surface area contributed by atoms with E-state index in [1.807, 2.05) is 18.2 Å². The Morgan fingerprint density at radius 3 is 1.71 bits per heavy atom. The molecule has 1 aromatic carbocycles. The summed E-state index contributed by atoms with van der Waals surface area (Å²) < 4.78 is 22.6. The topological polar surface area (TPSA) is 73.2 Å². The van der Waals surface area contributed by atoms with E-state index in [1.54, 1.807) is 6.07 Å².